The third-order valence-corrected chi connectivity index (χ3v) is 2.92. The van der Waals surface area contributed by atoms with Crippen molar-refractivity contribution in [3.05, 3.63) is 63.6 Å². The van der Waals surface area contributed by atoms with Gasteiger partial charge in [0.15, 0.2) is 5.78 Å². The maximum absolute atomic E-state index is 13.6. The van der Waals surface area contributed by atoms with Crippen LogP contribution in [-0.4, -0.2) is 10.8 Å². The van der Waals surface area contributed by atoms with Crippen LogP contribution < -0.4 is 0 Å². The molecule has 0 radical (unpaired) electrons. The summed E-state index contributed by atoms with van der Waals surface area (Å²) in [5, 5.41) is 0. The van der Waals surface area contributed by atoms with Crippen molar-refractivity contribution >= 4 is 21.7 Å². The first-order chi connectivity index (χ1) is 8.09. The summed E-state index contributed by atoms with van der Waals surface area (Å²) in [7, 11) is 0. The van der Waals surface area contributed by atoms with Gasteiger partial charge in [-0.3, -0.25) is 9.78 Å². The number of halogens is 2. The molecule has 0 unspecified atom stereocenters. The van der Waals surface area contributed by atoms with Crippen molar-refractivity contribution in [1.82, 2.24) is 4.98 Å². The molecule has 0 N–H and O–H groups in total. The van der Waals surface area contributed by atoms with Crippen molar-refractivity contribution in [1.29, 1.82) is 0 Å². The molecule has 2 rings (SSSR count). The fraction of sp³-hybridized carbons (Fsp3) is 0.0769. The summed E-state index contributed by atoms with van der Waals surface area (Å²) in [6.45, 7) is 1.73. The van der Waals surface area contributed by atoms with Gasteiger partial charge in [-0.25, -0.2) is 4.39 Å². The van der Waals surface area contributed by atoms with Gasteiger partial charge in [-0.05, 0) is 37.3 Å². The van der Waals surface area contributed by atoms with Crippen LogP contribution in [0.3, 0.4) is 0 Å². The summed E-state index contributed by atoms with van der Waals surface area (Å²) in [5.74, 6) is -0.879. The molecule has 1 aromatic heterocycles. The smallest absolute Gasteiger partial charge is 0.197 e. The normalized spacial score (nSPS) is 10.3. The topological polar surface area (TPSA) is 30.0 Å². The molecule has 0 atom stereocenters. The van der Waals surface area contributed by atoms with Gasteiger partial charge < -0.3 is 0 Å². The van der Waals surface area contributed by atoms with Gasteiger partial charge in [0.2, 0.25) is 0 Å². The van der Waals surface area contributed by atoms with E-state index in [0.717, 1.165) is 0 Å². The van der Waals surface area contributed by atoms with Crippen LogP contribution in [0.2, 0.25) is 0 Å². The van der Waals surface area contributed by atoms with Gasteiger partial charge >= 0.3 is 0 Å². The molecule has 4 heteroatoms. The molecule has 0 spiro atoms. The SMILES string of the molecule is Cc1ncccc1C(=O)c1cc(Br)ccc1F. The molecule has 0 aliphatic heterocycles. The quantitative estimate of drug-likeness (QED) is 0.793. The highest BCUT2D eigenvalue weighted by atomic mass is 79.9. The van der Waals surface area contributed by atoms with Crippen LogP contribution in [0.15, 0.2) is 41.0 Å². The predicted octanol–water partition coefficient (Wildman–Crippen LogP) is 3.52. The van der Waals surface area contributed by atoms with E-state index in [1.54, 1.807) is 31.3 Å². The van der Waals surface area contributed by atoms with Crippen LogP contribution in [0.1, 0.15) is 21.6 Å². The highest BCUT2D eigenvalue weighted by Gasteiger charge is 2.16. The summed E-state index contributed by atoms with van der Waals surface area (Å²) in [5.41, 5.74) is 1.07. The van der Waals surface area contributed by atoms with Crippen LogP contribution in [0.4, 0.5) is 4.39 Å². The second kappa shape index (κ2) is 4.75. The number of pyridine rings is 1. The molecule has 0 amide bonds. The fourth-order valence-corrected chi connectivity index (χ4v) is 1.90. The summed E-state index contributed by atoms with van der Waals surface area (Å²) in [4.78, 5) is 16.2. The van der Waals surface area contributed by atoms with Gasteiger partial charge in [-0.1, -0.05) is 15.9 Å². The van der Waals surface area contributed by atoms with Crippen LogP contribution in [0.25, 0.3) is 0 Å². The van der Waals surface area contributed by atoms with Gasteiger partial charge in [0.25, 0.3) is 0 Å². The molecule has 0 fully saturated rings. The van der Waals surface area contributed by atoms with E-state index < -0.39 is 5.82 Å². The average Bonchev–Trinajstić information content (AvgIpc) is 2.32. The predicted molar refractivity (Wildman–Crippen MR) is 66.5 cm³/mol. The number of rotatable bonds is 2. The number of hydrogen-bond acceptors (Lipinski definition) is 2. The van der Waals surface area contributed by atoms with Gasteiger partial charge in [0.05, 0.1) is 5.56 Å². The van der Waals surface area contributed by atoms with E-state index in [9.17, 15) is 9.18 Å². The lowest BCUT2D eigenvalue weighted by Crippen LogP contribution is -2.07. The lowest BCUT2D eigenvalue weighted by molar-refractivity contribution is 0.103. The lowest BCUT2D eigenvalue weighted by Gasteiger charge is -2.05. The van der Waals surface area contributed by atoms with Crippen molar-refractivity contribution in [2.45, 2.75) is 6.92 Å². The number of hydrogen-bond donors (Lipinski definition) is 0. The van der Waals surface area contributed by atoms with E-state index >= 15 is 0 Å². The summed E-state index contributed by atoms with van der Waals surface area (Å²) in [6.07, 6.45) is 1.60. The zero-order valence-electron chi connectivity index (χ0n) is 9.08. The van der Waals surface area contributed by atoms with Gasteiger partial charge in [-0.2, -0.15) is 0 Å². The van der Waals surface area contributed by atoms with Crippen LogP contribution in [0, 0.1) is 12.7 Å². The minimum absolute atomic E-state index is 0.0514. The molecule has 86 valence electrons. The Hall–Kier alpha value is -1.55. The van der Waals surface area contributed by atoms with Crippen LogP contribution in [-0.2, 0) is 0 Å². The Balaban J connectivity index is 2.51. The van der Waals surface area contributed by atoms with Crippen molar-refractivity contribution < 1.29 is 9.18 Å². The minimum Gasteiger partial charge on any atom is -0.288 e. The number of aromatic nitrogens is 1. The molecule has 1 heterocycles. The minimum atomic E-state index is -0.526. The Labute approximate surface area is 107 Å². The average molecular weight is 294 g/mol. The summed E-state index contributed by atoms with van der Waals surface area (Å²) in [6, 6.07) is 7.61. The van der Waals surface area contributed by atoms with Crippen LogP contribution in [0.5, 0.6) is 0 Å². The largest absolute Gasteiger partial charge is 0.288 e. The third kappa shape index (κ3) is 2.42. The van der Waals surface area contributed by atoms with Gasteiger partial charge in [0.1, 0.15) is 5.82 Å². The summed E-state index contributed by atoms with van der Waals surface area (Å²) >= 11 is 3.22. The molecule has 0 aliphatic carbocycles. The highest BCUT2D eigenvalue weighted by Crippen LogP contribution is 2.19. The standard InChI is InChI=1S/C13H9BrFNO/c1-8-10(3-2-6-16-8)13(17)11-7-9(14)4-5-12(11)15/h2-7H,1H3. The second-order valence-electron chi connectivity index (χ2n) is 3.59. The maximum atomic E-state index is 13.6. The Bertz CT molecular complexity index is 583. The van der Waals surface area contributed by atoms with E-state index in [1.165, 1.54) is 12.1 Å². The van der Waals surface area contributed by atoms with E-state index in [-0.39, 0.29) is 11.3 Å². The first kappa shape index (κ1) is 11.9. The lowest BCUT2D eigenvalue weighted by atomic mass is 10.0. The molecular weight excluding hydrogens is 285 g/mol. The highest BCUT2D eigenvalue weighted by molar-refractivity contribution is 9.10. The molecule has 2 nitrogen and oxygen atoms in total. The number of aryl methyl sites for hydroxylation is 1. The van der Waals surface area contributed by atoms with Crippen molar-refractivity contribution in [3.8, 4) is 0 Å². The van der Waals surface area contributed by atoms with Crippen molar-refractivity contribution in [2.75, 3.05) is 0 Å². The first-order valence-corrected chi connectivity index (χ1v) is 5.80. The Kier molecular flexibility index (Phi) is 3.33. The van der Waals surface area contributed by atoms with Gasteiger partial charge in [-0.15, -0.1) is 0 Å². The zero-order valence-corrected chi connectivity index (χ0v) is 10.7. The maximum Gasteiger partial charge on any atom is 0.197 e. The molecule has 0 saturated heterocycles. The first-order valence-electron chi connectivity index (χ1n) is 5.01. The molecule has 2 aromatic rings. The van der Waals surface area contributed by atoms with Crippen molar-refractivity contribution in [2.24, 2.45) is 0 Å². The fourth-order valence-electron chi connectivity index (χ4n) is 1.54. The van der Waals surface area contributed by atoms with E-state index in [1.807, 2.05) is 0 Å². The molecule has 0 bridgehead atoms. The molecule has 1 aromatic carbocycles. The molecular formula is C13H9BrFNO. The Morgan fingerprint density at radius 3 is 2.76 bits per heavy atom. The summed E-state index contributed by atoms with van der Waals surface area (Å²) < 4.78 is 14.2. The Morgan fingerprint density at radius 1 is 1.29 bits per heavy atom. The molecule has 0 aliphatic rings. The zero-order chi connectivity index (χ0) is 12.4. The number of carbonyl (C=O) groups is 1. The number of nitrogens with zero attached hydrogens (tertiary/aromatic N) is 1. The number of carbonyl (C=O) groups excluding carboxylic acids is 1. The van der Waals surface area contributed by atoms with E-state index in [0.29, 0.717) is 15.7 Å². The second-order valence-corrected chi connectivity index (χ2v) is 4.51. The van der Waals surface area contributed by atoms with E-state index in [2.05, 4.69) is 20.9 Å². The van der Waals surface area contributed by atoms with Crippen LogP contribution >= 0.6 is 15.9 Å². The monoisotopic (exact) mass is 293 g/mol. The van der Waals surface area contributed by atoms with E-state index in [4.69, 9.17) is 0 Å². The molecule has 17 heavy (non-hydrogen) atoms. The third-order valence-electron chi connectivity index (χ3n) is 2.42. The number of ketones is 1. The number of benzene rings is 1. The van der Waals surface area contributed by atoms with Gasteiger partial charge in [0, 0.05) is 21.9 Å². The molecule has 0 saturated carbocycles. The van der Waals surface area contributed by atoms with Crippen molar-refractivity contribution in [3.63, 3.8) is 0 Å². The Morgan fingerprint density at radius 2 is 2.06 bits per heavy atom.